The molecule has 0 aromatic carbocycles. The van der Waals surface area contributed by atoms with Gasteiger partial charge in [-0.05, 0) is 18.8 Å². The third kappa shape index (κ3) is 2.43. The molecule has 2 N–H and O–H groups in total. The van der Waals surface area contributed by atoms with Crippen LogP contribution in [0.3, 0.4) is 0 Å². The molecule has 0 amide bonds. The lowest BCUT2D eigenvalue weighted by molar-refractivity contribution is 0.354. The van der Waals surface area contributed by atoms with Gasteiger partial charge in [-0.2, -0.15) is 0 Å². The van der Waals surface area contributed by atoms with Crippen LogP contribution in [-0.2, 0) is 12.0 Å². The zero-order valence-electron chi connectivity index (χ0n) is 10.9. The number of nitrogens with zero attached hydrogens (tertiary/aromatic N) is 3. The van der Waals surface area contributed by atoms with Gasteiger partial charge in [0, 0.05) is 18.5 Å². The lowest BCUT2D eigenvalue weighted by atomic mass is 9.81. The van der Waals surface area contributed by atoms with Gasteiger partial charge in [-0.3, -0.25) is 0 Å². The highest BCUT2D eigenvalue weighted by atomic mass is 15.3. The number of aromatic nitrogens is 3. The molecule has 0 radical (unpaired) electrons. The molecule has 0 saturated heterocycles. The first-order chi connectivity index (χ1) is 7.59. The second-order valence-electron chi connectivity index (χ2n) is 4.89. The van der Waals surface area contributed by atoms with E-state index in [-0.39, 0.29) is 5.41 Å². The van der Waals surface area contributed by atoms with E-state index in [9.17, 15) is 0 Å². The Balaban J connectivity index is 3.05. The van der Waals surface area contributed by atoms with Crippen molar-refractivity contribution in [1.82, 2.24) is 14.8 Å². The molecule has 4 heteroatoms. The van der Waals surface area contributed by atoms with Crippen molar-refractivity contribution in [2.75, 3.05) is 6.54 Å². The molecule has 16 heavy (non-hydrogen) atoms. The first kappa shape index (κ1) is 13.2. The van der Waals surface area contributed by atoms with Crippen molar-refractivity contribution in [3.8, 4) is 0 Å². The highest BCUT2D eigenvalue weighted by Gasteiger charge is 2.32. The maximum absolute atomic E-state index is 5.94. The Labute approximate surface area is 98.2 Å². The van der Waals surface area contributed by atoms with E-state index in [1.807, 2.05) is 6.33 Å². The molecular formula is C12H24N4. The van der Waals surface area contributed by atoms with Crippen LogP contribution in [0, 0.1) is 5.92 Å². The highest BCUT2D eigenvalue weighted by molar-refractivity contribution is 5.08. The number of rotatable bonds is 6. The summed E-state index contributed by atoms with van der Waals surface area (Å²) in [6.45, 7) is 10.3. The van der Waals surface area contributed by atoms with Gasteiger partial charge in [-0.25, -0.2) is 0 Å². The Hall–Kier alpha value is -0.900. The van der Waals surface area contributed by atoms with E-state index in [0.29, 0.717) is 12.5 Å². The van der Waals surface area contributed by atoms with Gasteiger partial charge in [0.15, 0.2) is 0 Å². The quantitative estimate of drug-likeness (QED) is 0.803. The largest absolute Gasteiger partial charge is 0.329 e. The Kier molecular flexibility index (Phi) is 4.47. The fourth-order valence-electron chi connectivity index (χ4n) is 2.14. The minimum atomic E-state index is -0.00854. The SMILES string of the molecule is CCC(CC)(CN)c1nncn1CC(C)C. The van der Waals surface area contributed by atoms with Crippen molar-refractivity contribution in [2.24, 2.45) is 11.7 Å². The molecule has 0 spiro atoms. The molecule has 0 bridgehead atoms. The molecule has 0 atom stereocenters. The van der Waals surface area contributed by atoms with Crippen LogP contribution in [0.15, 0.2) is 6.33 Å². The maximum Gasteiger partial charge on any atom is 0.140 e. The van der Waals surface area contributed by atoms with Crippen LogP contribution in [0.1, 0.15) is 46.4 Å². The molecule has 0 aliphatic rings. The average Bonchev–Trinajstić information content (AvgIpc) is 2.70. The zero-order valence-corrected chi connectivity index (χ0v) is 10.9. The summed E-state index contributed by atoms with van der Waals surface area (Å²) in [5.41, 5.74) is 5.93. The Bertz CT molecular complexity index is 304. The van der Waals surface area contributed by atoms with E-state index in [4.69, 9.17) is 5.73 Å². The summed E-state index contributed by atoms with van der Waals surface area (Å²) >= 11 is 0. The standard InChI is InChI=1S/C12H24N4/c1-5-12(6-2,8-13)11-15-14-9-16(11)7-10(3)4/h9-10H,5-8,13H2,1-4H3. The summed E-state index contributed by atoms with van der Waals surface area (Å²) in [7, 11) is 0. The molecule has 0 aliphatic carbocycles. The van der Waals surface area contributed by atoms with Gasteiger partial charge in [-0.1, -0.05) is 27.7 Å². The lowest BCUT2D eigenvalue weighted by Crippen LogP contribution is -2.37. The van der Waals surface area contributed by atoms with Crippen molar-refractivity contribution in [3.05, 3.63) is 12.2 Å². The first-order valence-corrected chi connectivity index (χ1v) is 6.18. The van der Waals surface area contributed by atoms with Gasteiger partial charge in [-0.15, -0.1) is 10.2 Å². The lowest BCUT2D eigenvalue weighted by Gasteiger charge is -2.29. The molecule has 0 saturated carbocycles. The van der Waals surface area contributed by atoms with Crippen molar-refractivity contribution in [1.29, 1.82) is 0 Å². The molecule has 92 valence electrons. The molecular weight excluding hydrogens is 200 g/mol. The Morgan fingerprint density at radius 1 is 1.38 bits per heavy atom. The molecule has 4 nitrogen and oxygen atoms in total. The number of nitrogens with two attached hydrogens (primary N) is 1. The normalized spacial score (nSPS) is 12.4. The van der Waals surface area contributed by atoms with Crippen LogP contribution in [0.2, 0.25) is 0 Å². The maximum atomic E-state index is 5.94. The van der Waals surface area contributed by atoms with Gasteiger partial charge < -0.3 is 10.3 Å². The highest BCUT2D eigenvalue weighted by Crippen LogP contribution is 2.29. The van der Waals surface area contributed by atoms with Gasteiger partial charge in [0.25, 0.3) is 0 Å². The molecule has 1 aromatic rings. The molecule has 0 unspecified atom stereocenters. The summed E-state index contributed by atoms with van der Waals surface area (Å²) in [6.07, 6.45) is 3.85. The summed E-state index contributed by atoms with van der Waals surface area (Å²) in [6, 6.07) is 0. The van der Waals surface area contributed by atoms with E-state index in [1.165, 1.54) is 0 Å². The van der Waals surface area contributed by atoms with Gasteiger partial charge in [0.05, 0.1) is 0 Å². The second-order valence-corrected chi connectivity index (χ2v) is 4.89. The van der Waals surface area contributed by atoms with Crippen molar-refractivity contribution in [2.45, 2.75) is 52.5 Å². The average molecular weight is 224 g/mol. The van der Waals surface area contributed by atoms with E-state index in [0.717, 1.165) is 25.2 Å². The predicted molar refractivity (Wildman–Crippen MR) is 66.2 cm³/mol. The molecule has 0 fully saturated rings. The topological polar surface area (TPSA) is 56.7 Å². The fraction of sp³-hybridized carbons (Fsp3) is 0.833. The van der Waals surface area contributed by atoms with Gasteiger partial charge in [0.1, 0.15) is 12.2 Å². The van der Waals surface area contributed by atoms with E-state index >= 15 is 0 Å². The van der Waals surface area contributed by atoms with Crippen LogP contribution >= 0.6 is 0 Å². The van der Waals surface area contributed by atoms with Crippen molar-refractivity contribution in [3.63, 3.8) is 0 Å². The summed E-state index contributed by atoms with van der Waals surface area (Å²) in [5, 5.41) is 8.33. The smallest absolute Gasteiger partial charge is 0.140 e. The number of hydrogen-bond acceptors (Lipinski definition) is 3. The summed E-state index contributed by atoms with van der Waals surface area (Å²) < 4.78 is 2.16. The van der Waals surface area contributed by atoms with Crippen molar-refractivity contribution < 1.29 is 0 Å². The molecule has 1 heterocycles. The Morgan fingerprint density at radius 2 is 2.00 bits per heavy atom. The monoisotopic (exact) mass is 224 g/mol. The molecule has 1 rings (SSSR count). The third-order valence-electron chi connectivity index (χ3n) is 3.40. The predicted octanol–water partition coefficient (Wildman–Crippen LogP) is 1.95. The minimum absolute atomic E-state index is 0.00854. The Morgan fingerprint density at radius 3 is 2.44 bits per heavy atom. The minimum Gasteiger partial charge on any atom is -0.329 e. The van der Waals surface area contributed by atoms with Crippen LogP contribution in [0.25, 0.3) is 0 Å². The van der Waals surface area contributed by atoms with Crippen LogP contribution in [0.4, 0.5) is 0 Å². The number of hydrogen-bond donors (Lipinski definition) is 1. The first-order valence-electron chi connectivity index (χ1n) is 6.18. The van der Waals surface area contributed by atoms with Crippen LogP contribution < -0.4 is 5.73 Å². The van der Waals surface area contributed by atoms with Gasteiger partial charge in [0.2, 0.25) is 0 Å². The van der Waals surface area contributed by atoms with E-state index < -0.39 is 0 Å². The van der Waals surface area contributed by atoms with Crippen LogP contribution in [0.5, 0.6) is 0 Å². The fourth-order valence-corrected chi connectivity index (χ4v) is 2.14. The third-order valence-corrected chi connectivity index (χ3v) is 3.40. The second kappa shape index (κ2) is 5.43. The summed E-state index contributed by atoms with van der Waals surface area (Å²) in [4.78, 5) is 0. The molecule has 0 aliphatic heterocycles. The van der Waals surface area contributed by atoms with E-state index in [2.05, 4.69) is 42.5 Å². The van der Waals surface area contributed by atoms with Crippen LogP contribution in [-0.4, -0.2) is 21.3 Å². The molecule has 1 aromatic heterocycles. The zero-order chi connectivity index (χ0) is 12.2. The van der Waals surface area contributed by atoms with Gasteiger partial charge >= 0.3 is 0 Å². The van der Waals surface area contributed by atoms with E-state index in [1.54, 1.807) is 0 Å². The summed E-state index contributed by atoms with van der Waals surface area (Å²) in [5.74, 6) is 1.65. The van der Waals surface area contributed by atoms with Crippen molar-refractivity contribution >= 4 is 0 Å².